The van der Waals surface area contributed by atoms with Crippen LogP contribution in [0, 0.1) is 0 Å². The number of halogens is 1. The highest BCUT2D eigenvalue weighted by Gasteiger charge is 2.36. The number of nitrogens with one attached hydrogen (secondary N) is 1. The SMILES string of the molecule is Cn1c(C(=O)N[C@H]2CCN3CCCC[C@H]23)c(Br)c2ccccc21. The van der Waals surface area contributed by atoms with Gasteiger partial charge in [0, 0.05) is 36.6 Å². The van der Waals surface area contributed by atoms with E-state index in [1.165, 1.54) is 25.8 Å². The molecule has 2 aromatic rings. The molecule has 3 heterocycles. The number of benzene rings is 1. The number of para-hydroxylation sites is 1. The lowest BCUT2D eigenvalue weighted by Crippen LogP contribution is -2.47. The highest BCUT2D eigenvalue weighted by Crippen LogP contribution is 2.31. The molecule has 0 saturated carbocycles. The average Bonchev–Trinajstić information content (AvgIpc) is 3.08. The summed E-state index contributed by atoms with van der Waals surface area (Å²) >= 11 is 3.63. The highest BCUT2D eigenvalue weighted by atomic mass is 79.9. The van der Waals surface area contributed by atoms with Crippen molar-refractivity contribution in [3.05, 3.63) is 34.4 Å². The van der Waals surface area contributed by atoms with Gasteiger partial charge in [-0.2, -0.15) is 0 Å². The maximum Gasteiger partial charge on any atom is 0.269 e. The van der Waals surface area contributed by atoms with E-state index < -0.39 is 0 Å². The number of rotatable bonds is 2. The zero-order valence-electron chi connectivity index (χ0n) is 13.4. The zero-order valence-corrected chi connectivity index (χ0v) is 15.0. The molecule has 2 aliphatic heterocycles. The Hall–Kier alpha value is -1.33. The summed E-state index contributed by atoms with van der Waals surface area (Å²) in [5, 5.41) is 4.39. The number of aryl methyl sites for hydroxylation is 1. The minimum absolute atomic E-state index is 0.0352. The van der Waals surface area contributed by atoms with Gasteiger partial charge in [-0.3, -0.25) is 9.69 Å². The summed E-state index contributed by atoms with van der Waals surface area (Å²) in [5.74, 6) is 0.0352. The molecule has 2 fully saturated rings. The number of carbonyl (C=O) groups is 1. The van der Waals surface area contributed by atoms with Gasteiger partial charge >= 0.3 is 0 Å². The van der Waals surface area contributed by atoms with Gasteiger partial charge in [-0.05, 0) is 47.8 Å². The van der Waals surface area contributed by atoms with E-state index in [1.807, 2.05) is 23.7 Å². The molecule has 2 atom stereocenters. The van der Waals surface area contributed by atoms with E-state index in [1.54, 1.807) is 0 Å². The van der Waals surface area contributed by atoms with Crippen molar-refractivity contribution < 1.29 is 4.79 Å². The molecular weight excluding hydrogens is 354 g/mol. The fourth-order valence-electron chi connectivity index (χ4n) is 4.25. The third-order valence-corrected chi connectivity index (χ3v) is 6.24. The maximum atomic E-state index is 12.9. The third kappa shape index (κ3) is 2.50. The van der Waals surface area contributed by atoms with E-state index in [2.05, 4.69) is 38.3 Å². The highest BCUT2D eigenvalue weighted by molar-refractivity contribution is 9.10. The number of hydrogen-bond donors (Lipinski definition) is 1. The first-order valence-corrected chi connectivity index (χ1v) is 9.24. The first-order chi connectivity index (χ1) is 11.2. The van der Waals surface area contributed by atoms with Crippen LogP contribution in [0.1, 0.15) is 36.2 Å². The lowest BCUT2D eigenvalue weighted by molar-refractivity contribution is 0.0906. The lowest BCUT2D eigenvalue weighted by Gasteiger charge is -2.32. The molecule has 1 amide bonds. The molecule has 122 valence electrons. The van der Waals surface area contributed by atoms with Crippen LogP contribution in [-0.2, 0) is 7.05 Å². The number of hydrogen-bond acceptors (Lipinski definition) is 2. The second-order valence-corrected chi connectivity index (χ2v) is 7.50. The van der Waals surface area contributed by atoms with Gasteiger partial charge in [0.05, 0.1) is 4.47 Å². The summed E-state index contributed by atoms with van der Waals surface area (Å²) in [4.78, 5) is 15.5. The Morgan fingerprint density at radius 1 is 1.22 bits per heavy atom. The molecule has 23 heavy (non-hydrogen) atoms. The molecule has 0 radical (unpaired) electrons. The topological polar surface area (TPSA) is 37.3 Å². The van der Waals surface area contributed by atoms with Crippen LogP contribution in [0.25, 0.3) is 10.9 Å². The number of fused-ring (bicyclic) bond motifs is 2. The van der Waals surface area contributed by atoms with Crippen LogP contribution in [0.5, 0.6) is 0 Å². The van der Waals surface area contributed by atoms with Gasteiger partial charge in [0.15, 0.2) is 0 Å². The standard InChI is InChI=1S/C18H22BrN3O/c1-21-14-7-3-2-6-12(14)16(19)17(21)18(23)20-13-9-11-22-10-5-4-8-15(13)22/h2-3,6-7,13,15H,4-5,8-11H2,1H3,(H,20,23)/t13-,15+/m0/s1. The molecule has 1 aromatic carbocycles. The fraction of sp³-hybridized carbons (Fsp3) is 0.500. The number of carbonyl (C=O) groups excluding carboxylic acids is 1. The van der Waals surface area contributed by atoms with Gasteiger partial charge in [0.25, 0.3) is 5.91 Å². The molecule has 2 aliphatic rings. The van der Waals surface area contributed by atoms with E-state index in [9.17, 15) is 4.79 Å². The van der Waals surface area contributed by atoms with Gasteiger partial charge < -0.3 is 9.88 Å². The summed E-state index contributed by atoms with van der Waals surface area (Å²) < 4.78 is 2.88. The van der Waals surface area contributed by atoms with Crippen molar-refractivity contribution in [1.82, 2.24) is 14.8 Å². The zero-order chi connectivity index (χ0) is 16.0. The molecule has 0 unspecified atom stereocenters. The van der Waals surface area contributed by atoms with Gasteiger partial charge in [-0.1, -0.05) is 24.6 Å². The average molecular weight is 376 g/mol. The molecule has 4 rings (SSSR count). The summed E-state index contributed by atoms with van der Waals surface area (Å²) in [6.45, 7) is 2.31. The Kier molecular flexibility index (Phi) is 3.93. The Morgan fingerprint density at radius 2 is 2.04 bits per heavy atom. The maximum absolute atomic E-state index is 12.9. The molecule has 1 aromatic heterocycles. The fourth-order valence-corrected chi connectivity index (χ4v) is 5.03. The molecule has 4 nitrogen and oxygen atoms in total. The van der Waals surface area contributed by atoms with Crippen molar-refractivity contribution in [3.8, 4) is 0 Å². The summed E-state index contributed by atoms with van der Waals surface area (Å²) in [7, 11) is 1.96. The third-order valence-electron chi connectivity index (χ3n) is 5.43. The first-order valence-electron chi connectivity index (χ1n) is 8.44. The monoisotopic (exact) mass is 375 g/mol. The summed E-state index contributed by atoms with van der Waals surface area (Å²) in [5.41, 5.74) is 1.80. The summed E-state index contributed by atoms with van der Waals surface area (Å²) in [6.07, 6.45) is 4.86. The number of amides is 1. The van der Waals surface area contributed by atoms with E-state index >= 15 is 0 Å². The van der Waals surface area contributed by atoms with Crippen LogP contribution in [0.15, 0.2) is 28.7 Å². The second kappa shape index (κ2) is 5.95. The second-order valence-electron chi connectivity index (χ2n) is 6.71. The van der Waals surface area contributed by atoms with Crippen molar-refractivity contribution in [2.45, 2.75) is 37.8 Å². The van der Waals surface area contributed by atoms with Crippen LogP contribution < -0.4 is 5.32 Å². The lowest BCUT2D eigenvalue weighted by atomic mass is 9.99. The normalized spacial score (nSPS) is 24.8. The van der Waals surface area contributed by atoms with E-state index in [0.717, 1.165) is 34.0 Å². The number of aromatic nitrogens is 1. The molecule has 2 saturated heterocycles. The van der Waals surface area contributed by atoms with Crippen molar-refractivity contribution in [1.29, 1.82) is 0 Å². The minimum Gasteiger partial charge on any atom is -0.346 e. The van der Waals surface area contributed by atoms with Crippen LogP contribution in [0.4, 0.5) is 0 Å². The summed E-state index contributed by atoms with van der Waals surface area (Å²) in [6, 6.07) is 8.93. The van der Waals surface area contributed by atoms with Crippen molar-refractivity contribution in [2.24, 2.45) is 7.05 Å². The molecule has 0 bridgehead atoms. The Bertz CT molecular complexity index is 715. The molecule has 1 N–H and O–H groups in total. The van der Waals surface area contributed by atoms with E-state index in [4.69, 9.17) is 0 Å². The van der Waals surface area contributed by atoms with Crippen molar-refractivity contribution >= 4 is 32.7 Å². The van der Waals surface area contributed by atoms with Gasteiger partial charge in [0.2, 0.25) is 0 Å². The van der Waals surface area contributed by atoms with E-state index in [-0.39, 0.29) is 11.9 Å². The van der Waals surface area contributed by atoms with Gasteiger partial charge in [-0.15, -0.1) is 0 Å². The van der Waals surface area contributed by atoms with Crippen LogP contribution in [-0.4, -0.2) is 40.5 Å². The molecule has 0 aliphatic carbocycles. The van der Waals surface area contributed by atoms with Gasteiger partial charge in [0.1, 0.15) is 5.69 Å². The predicted molar refractivity (Wildman–Crippen MR) is 95.7 cm³/mol. The Labute approximate surface area is 145 Å². The smallest absolute Gasteiger partial charge is 0.269 e. The number of piperidine rings is 1. The number of nitrogens with zero attached hydrogens (tertiary/aromatic N) is 2. The minimum atomic E-state index is 0.0352. The van der Waals surface area contributed by atoms with E-state index in [0.29, 0.717) is 6.04 Å². The Balaban J connectivity index is 1.60. The van der Waals surface area contributed by atoms with Crippen LogP contribution >= 0.6 is 15.9 Å². The predicted octanol–water partition coefficient (Wildman–Crippen LogP) is 3.30. The van der Waals surface area contributed by atoms with Crippen LogP contribution in [0.2, 0.25) is 0 Å². The van der Waals surface area contributed by atoms with Crippen molar-refractivity contribution in [3.63, 3.8) is 0 Å². The molecule has 5 heteroatoms. The van der Waals surface area contributed by atoms with Crippen LogP contribution in [0.3, 0.4) is 0 Å². The quantitative estimate of drug-likeness (QED) is 0.874. The van der Waals surface area contributed by atoms with Crippen molar-refractivity contribution in [2.75, 3.05) is 13.1 Å². The first kappa shape index (κ1) is 15.2. The largest absolute Gasteiger partial charge is 0.346 e. The molecule has 0 spiro atoms. The Morgan fingerprint density at radius 3 is 2.87 bits per heavy atom. The van der Waals surface area contributed by atoms with Gasteiger partial charge in [-0.25, -0.2) is 0 Å². The molecular formula is C18H22BrN3O.